The number of carbonyl (C=O) groups is 1. The highest BCUT2D eigenvalue weighted by Crippen LogP contribution is 2.38. The molecule has 0 aliphatic carbocycles. The smallest absolute Gasteiger partial charge is 0.264 e. The third-order valence-corrected chi connectivity index (χ3v) is 4.41. The van der Waals surface area contributed by atoms with E-state index in [2.05, 4.69) is 5.32 Å². The molecule has 136 valence electrons. The van der Waals surface area contributed by atoms with Crippen LogP contribution in [0, 0.1) is 0 Å². The summed E-state index contributed by atoms with van der Waals surface area (Å²) in [5.74, 6) is 2.12. The number of carbonyl (C=O) groups excluding carboxylic acids is 1. The van der Waals surface area contributed by atoms with Gasteiger partial charge in [-0.25, -0.2) is 0 Å². The molecule has 26 heavy (non-hydrogen) atoms. The number of nitrogens with one attached hydrogen (secondary N) is 1. The minimum Gasteiger partial charge on any atom is -0.489 e. The number of ether oxygens (including phenoxy) is 4. The second-order valence-corrected chi connectivity index (χ2v) is 6.44. The van der Waals surface area contributed by atoms with Crippen LogP contribution >= 0.6 is 11.6 Å². The van der Waals surface area contributed by atoms with Crippen LogP contribution in [-0.2, 0) is 11.3 Å². The Morgan fingerprint density at radius 3 is 2.77 bits per heavy atom. The van der Waals surface area contributed by atoms with Gasteiger partial charge in [-0.05, 0) is 29.8 Å². The Morgan fingerprint density at radius 1 is 1.08 bits per heavy atom. The minimum atomic E-state index is -0.694. The van der Waals surface area contributed by atoms with Crippen LogP contribution in [0.5, 0.6) is 23.0 Å². The van der Waals surface area contributed by atoms with E-state index in [1.165, 1.54) is 0 Å². The van der Waals surface area contributed by atoms with Gasteiger partial charge in [-0.3, -0.25) is 4.79 Å². The van der Waals surface area contributed by atoms with E-state index in [4.69, 9.17) is 30.5 Å². The standard InChI is InChI=1S/C19H18ClNO5/c20-13-8-12(9-16-18(13)24-7-3-6-23-16)10-21-19(22)17-11-25-14-4-1-2-5-15(14)26-17/h1-2,4-5,8-9,17H,3,6-7,10-11H2,(H,21,22)/t17-/m0/s1. The quantitative estimate of drug-likeness (QED) is 0.893. The van der Waals surface area contributed by atoms with E-state index in [1.54, 1.807) is 12.1 Å². The van der Waals surface area contributed by atoms with Gasteiger partial charge >= 0.3 is 0 Å². The number of para-hydroxylation sites is 2. The van der Waals surface area contributed by atoms with E-state index < -0.39 is 6.10 Å². The van der Waals surface area contributed by atoms with Crippen molar-refractivity contribution in [3.05, 3.63) is 47.0 Å². The maximum absolute atomic E-state index is 12.4. The fourth-order valence-electron chi connectivity index (χ4n) is 2.84. The lowest BCUT2D eigenvalue weighted by molar-refractivity contribution is -0.130. The molecule has 2 aliphatic rings. The molecule has 0 bridgehead atoms. The summed E-state index contributed by atoms with van der Waals surface area (Å²) in [5, 5.41) is 3.32. The summed E-state index contributed by atoms with van der Waals surface area (Å²) in [4.78, 5) is 12.4. The highest BCUT2D eigenvalue weighted by molar-refractivity contribution is 6.32. The van der Waals surface area contributed by atoms with Crippen molar-refractivity contribution in [3.8, 4) is 23.0 Å². The molecule has 0 spiro atoms. The number of rotatable bonds is 3. The fraction of sp³-hybridized carbons (Fsp3) is 0.316. The van der Waals surface area contributed by atoms with E-state index in [1.807, 2.05) is 24.3 Å². The summed E-state index contributed by atoms with van der Waals surface area (Å²) in [6.07, 6.45) is 0.109. The molecule has 2 aliphatic heterocycles. The first-order valence-electron chi connectivity index (χ1n) is 8.45. The summed E-state index contributed by atoms with van der Waals surface area (Å²) in [5.41, 5.74) is 0.824. The zero-order valence-corrected chi connectivity index (χ0v) is 14.8. The number of halogens is 1. The number of amides is 1. The molecule has 2 aromatic carbocycles. The van der Waals surface area contributed by atoms with E-state index in [0.717, 1.165) is 12.0 Å². The van der Waals surface area contributed by atoms with Gasteiger partial charge in [-0.2, -0.15) is 0 Å². The van der Waals surface area contributed by atoms with Crippen molar-refractivity contribution in [2.45, 2.75) is 19.1 Å². The number of benzene rings is 2. The molecule has 2 heterocycles. The molecular weight excluding hydrogens is 358 g/mol. The number of hydrogen-bond acceptors (Lipinski definition) is 5. The Kier molecular flexibility index (Phi) is 4.75. The summed E-state index contributed by atoms with van der Waals surface area (Å²) >= 11 is 6.28. The molecule has 4 rings (SSSR count). The Balaban J connectivity index is 1.41. The molecule has 1 amide bonds. The first-order chi connectivity index (χ1) is 12.7. The minimum absolute atomic E-state index is 0.171. The molecule has 0 saturated carbocycles. The Morgan fingerprint density at radius 2 is 1.88 bits per heavy atom. The van der Waals surface area contributed by atoms with Gasteiger partial charge in [-0.15, -0.1) is 0 Å². The van der Waals surface area contributed by atoms with Crippen molar-refractivity contribution in [2.75, 3.05) is 19.8 Å². The highest BCUT2D eigenvalue weighted by Gasteiger charge is 2.27. The van der Waals surface area contributed by atoms with Gasteiger partial charge in [0, 0.05) is 13.0 Å². The lowest BCUT2D eigenvalue weighted by Crippen LogP contribution is -2.43. The molecule has 7 heteroatoms. The Hall–Kier alpha value is -2.60. The molecule has 1 atom stereocenters. The summed E-state index contributed by atoms with van der Waals surface area (Å²) in [7, 11) is 0. The van der Waals surface area contributed by atoms with Crippen molar-refractivity contribution in [1.29, 1.82) is 0 Å². The van der Waals surface area contributed by atoms with Gasteiger partial charge < -0.3 is 24.3 Å². The van der Waals surface area contributed by atoms with Gasteiger partial charge in [0.25, 0.3) is 5.91 Å². The molecule has 0 aromatic heterocycles. The normalized spacial score (nSPS) is 18.0. The molecule has 1 N–H and O–H groups in total. The molecule has 0 unspecified atom stereocenters. The maximum Gasteiger partial charge on any atom is 0.264 e. The Bertz CT molecular complexity index is 826. The van der Waals surface area contributed by atoms with Crippen LogP contribution in [0.4, 0.5) is 0 Å². The third kappa shape index (κ3) is 3.51. The molecule has 0 fully saturated rings. The lowest BCUT2D eigenvalue weighted by atomic mass is 10.2. The first-order valence-corrected chi connectivity index (χ1v) is 8.83. The van der Waals surface area contributed by atoms with E-state index in [0.29, 0.717) is 47.8 Å². The van der Waals surface area contributed by atoms with Gasteiger partial charge in [0.1, 0.15) is 6.61 Å². The van der Waals surface area contributed by atoms with Gasteiger partial charge in [0.05, 0.1) is 18.2 Å². The predicted octanol–water partition coefficient (Wildman–Crippen LogP) is 2.96. The van der Waals surface area contributed by atoms with E-state index >= 15 is 0 Å². The molecule has 6 nitrogen and oxygen atoms in total. The van der Waals surface area contributed by atoms with Crippen LogP contribution in [0.15, 0.2) is 36.4 Å². The average molecular weight is 376 g/mol. The number of hydrogen-bond donors (Lipinski definition) is 1. The summed E-state index contributed by atoms with van der Waals surface area (Å²) < 4.78 is 22.6. The molecule has 0 saturated heterocycles. The average Bonchev–Trinajstić information content (AvgIpc) is 2.91. The Labute approximate surface area is 156 Å². The topological polar surface area (TPSA) is 66.0 Å². The second-order valence-electron chi connectivity index (χ2n) is 6.04. The molecule has 0 radical (unpaired) electrons. The zero-order valence-electron chi connectivity index (χ0n) is 14.0. The first kappa shape index (κ1) is 16.8. The second kappa shape index (κ2) is 7.33. The largest absolute Gasteiger partial charge is 0.489 e. The zero-order chi connectivity index (χ0) is 17.9. The van der Waals surface area contributed by atoms with E-state index in [-0.39, 0.29) is 12.5 Å². The van der Waals surface area contributed by atoms with Crippen molar-refractivity contribution in [2.24, 2.45) is 0 Å². The van der Waals surface area contributed by atoms with Crippen LogP contribution < -0.4 is 24.3 Å². The monoisotopic (exact) mass is 375 g/mol. The van der Waals surface area contributed by atoms with Gasteiger partial charge in [-0.1, -0.05) is 23.7 Å². The molecule has 2 aromatic rings. The lowest BCUT2D eigenvalue weighted by Gasteiger charge is -2.25. The SMILES string of the molecule is O=C(NCc1cc(Cl)c2c(c1)OCCCO2)[C@@H]1COc2ccccc2O1. The van der Waals surface area contributed by atoms with Crippen molar-refractivity contribution < 1.29 is 23.7 Å². The van der Waals surface area contributed by atoms with Crippen LogP contribution in [0.3, 0.4) is 0 Å². The van der Waals surface area contributed by atoms with Crippen molar-refractivity contribution in [1.82, 2.24) is 5.32 Å². The van der Waals surface area contributed by atoms with Gasteiger partial charge in [0.15, 0.2) is 23.0 Å². The van der Waals surface area contributed by atoms with Crippen LogP contribution in [0.2, 0.25) is 5.02 Å². The maximum atomic E-state index is 12.4. The van der Waals surface area contributed by atoms with Gasteiger partial charge in [0.2, 0.25) is 6.10 Å². The van der Waals surface area contributed by atoms with Crippen molar-refractivity contribution >= 4 is 17.5 Å². The fourth-order valence-corrected chi connectivity index (χ4v) is 3.13. The van der Waals surface area contributed by atoms with Crippen LogP contribution in [0.1, 0.15) is 12.0 Å². The summed E-state index contributed by atoms with van der Waals surface area (Å²) in [6.45, 7) is 1.62. The van der Waals surface area contributed by atoms with Crippen LogP contribution in [-0.4, -0.2) is 31.8 Å². The summed E-state index contributed by atoms with van der Waals surface area (Å²) in [6, 6.07) is 10.9. The van der Waals surface area contributed by atoms with E-state index in [9.17, 15) is 4.79 Å². The number of fused-ring (bicyclic) bond motifs is 2. The molecular formula is C19H18ClNO5. The van der Waals surface area contributed by atoms with Crippen molar-refractivity contribution in [3.63, 3.8) is 0 Å². The third-order valence-electron chi connectivity index (χ3n) is 4.13. The predicted molar refractivity (Wildman–Crippen MR) is 95.3 cm³/mol. The highest BCUT2D eigenvalue weighted by atomic mass is 35.5. The van der Waals surface area contributed by atoms with Crippen LogP contribution in [0.25, 0.3) is 0 Å².